The summed E-state index contributed by atoms with van der Waals surface area (Å²) in [6.45, 7) is 0. The lowest BCUT2D eigenvalue weighted by molar-refractivity contribution is 0.919. The molecule has 0 spiro atoms. The van der Waals surface area contributed by atoms with Gasteiger partial charge < -0.3 is 0 Å². The van der Waals surface area contributed by atoms with E-state index in [0.717, 1.165) is 28.2 Å². The number of nitrogens with zero attached hydrogens (tertiary/aromatic N) is 2. The Kier molecular flexibility index (Phi) is 2.76. The SMILES string of the molecule is ClCCCc1nc2cccnc2s1. The van der Waals surface area contributed by atoms with E-state index < -0.39 is 0 Å². The summed E-state index contributed by atoms with van der Waals surface area (Å²) in [5.74, 6) is 0.698. The van der Waals surface area contributed by atoms with Crippen molar-refractivity contribution < 1.29 is 0 Å². The van der Waals surface area contributed by atoms with Crippen molar-refractivity contribution in [2.45, 2.75) is 12.8 Å². The smallest absolute Gasteiger partial charge is 0.143 e. The van der Waals surface area contributed by atoms with Gasteiger partial charge >= 0.3 is 0 Å². The fraction of sp³-hybridized carbons (Fsp3) is 0.333. The van der Waals surface area contributed by atoms with E-state index in [4.69, 9.17) is 11.6 Å². The van der Waals surface area contributed by atoms with Crippen LogP contribution in [-0.2, 0) is 6.42 Å². The zero-order valence-corrected chi connectivity index (χ0v) is 8.61. The van der Waals surface area contributed by atoms with Crippen molar-refractivity contribution in [1.82, 2.24) is 9.97 Å². The summed E-state index contributed by atoms with van der Waals surface area (Å²) >= 11 is 7.27. The minimum absolute atomic E-state index is 0.698. The van der Waals surface area contributed by atoms with Gasteiger partial charge in [0, 0.05) is 18.5 Å². The van der Waals surface area contributed by atoms with Crippen LogP contribution in [-0.4, -0.2) is 15.8 Å². The summed E-state index contributed by atoms with van der Waals surface area (Å²) in [5.41, 5.74) is 0.997. The van der Waals surface area contributed by atoms with Crippen LogP contribution in [0.25, 0.3) is 10.3 Å². The summed E-state index contributed by atoms with van der Waals surface area (Å²) < 4.78 is 0. The molecular weight excluding hydrogens is 204 g/mol. The molecule has 0 aromatic carbocycles. The summed E-state index contributed by atoms with van der Waals surface area (Å²) in [5, 5.41) is 1.13. The molecule has 0 aliphatic rings. The molecule has 0 N–H and O–H groups in total. The molecule has 0 saturated heterocycles. The second-order valence-electron chi connectivity index (χ2n) is 2.73. The molecule has 0 saturated carbocycles. The molecule has 0 atom stereocenters. The number of hydrogen-bond acceptors (Lipinski definition) is 3. The van der Waals surface area contributed by atoms with E-state index in [1.54, 1.807) is 17.5 Å². The topological polar surface area (TPSA) is 25.8 Å². The van der Waals surface area contributed by atoms with Gasteiger partial charge in [-0.2, -0.15) is 0 Å². The first-order valence-corrected chi connectivity index (χ1v) is 5.51. The molecule has 0 unspecified atom stereocenters. The molecule has 0 fully saturated rings. The lowest BCUT2D eigenvalue weighted by Crippen LogP contribution is -1.83. The lowest BCUT2D eigenvalue weighted by atomic mass is 10.3. The summed E-state index contributed by atoms with van der Waals surface area (Å²) in [6, 6.07) is 3.90. The number of rotatable bonds is 3. The highest BCUT2D eigenvalue weighted by molar-refractivity contribution is 7.18. The van der Waals surface area contributed by atoms with Gasteiger partial charge in [-0.3, -0.25) is 0 Å². The van der Waals surface area contributed by atoms with E-state index in [2.05, 4.69) is 9.97 Å². The number of thiazole rings is 1. The molecule has 4 heteroatoms. The fourth-order valence-electron chi connectivity index (χ4n) is 1.14. The molecule has 0 radical (unpaired) electrons. The molecule has 0 amide bonds. The summed E-state index contributed by atoms with van der Waals surface area (Å²) in [4.78, 5) is 9.70. The normalized spacial score (nSPS) is 10.8. The molecular formula is C9H9ClN2S. The highest BCUT2D eigenvalue weighted by Gasteiger charge is 2.02. The Morgan fingerprint density at radius 2 is 2.38 bits per heavy atom. The minimum Gasteiger partial charge on any atom is -0.244 e. The number of fused-ring (bicyclic) bond motifs is 1. The highest BCUT2D eigenvalue weighted by Crippen LogP contribution is 2.20. The summed E-state index contributed by atoms with van der Waals surface area (Å²) in [6.07, 6.45) is 3.75. The maximum Gasteiger partial charge on any atom is 0.143 e. The minimum atomic E-state index is 0.698. The number of alkyl halides is 1. The van der Waals surface area contributed by atoms with Crippen molar-refractivity contribution in [3.8, 4) is 0 Å². The molecule has 0 aliphatic carbocycles. The van der Waals surface area contributed by atoms with Crippen LogP contribution in [0.3, 0.4) is 0 Å². The Labute approximate surface area is 85.6 Å². The maximum atomic E-state index is 5.61. The Balaban J connectivity index is 2.28. The Morgan fingerprint density at radius 3 is 3.15 bits per heavy atom. The molecule has 68 valence electrons. The van der Waals surface area contributed by atoms with Gasteiger partial charge in [-0.15, -0.1) is 11.6 Å². The number of aromatic nitrogens is 2. The lowest BCUT2D eigenvalue weighted by Gasteiger charge is -1.88. The molecule has 2 aromatic heterocycles. The van der Waals surface area contributed by atoms with Gasteiger partial charge in [0.05, 0.1) is 5.01 Å². The van der Waals surface area contributed by atoms with E-state index in [9.17, 15) is 0 Å². The Bertz CT molecular complexity index is 366. The quantitative estimate of drug-likeness (QED) is 0.732. The zero-order valence-electron chi connectivity index (χ0n) is 7.03. The molecule has 2 nitrogen and oxygen atoms in total. The van der Waals surface area contributed by atoms with Crippen molar-refractivity contribution in [2.75, 3.05) is 5.88 Å². The largest absolute Gasteiger partial charge is 0.244 e. The first-order valence-electron chi connectivity index (χ1n) is 4.16. The number of pyridine rings is 1. The third-order valence-electron chi connectivity index (χ3n) is 1.73. The first kappa shape index (κ1) is 8.91. The van der Waals surface area contributed by atoms with Crippen LogP contribution in [0.2, 0.25) is 0 Å². The second kappa shape index (κ2) is 4.03. The zero-order chi connectivity index (χ0) is 9.10. The first-order chi connectivity index (χ1) is 6.40. The average Bonchev–Trinajstić information content (AvgIpc) is 2.57. The van der Waals surface area contributed by atoms with Crippen molar-refractivity contribution >= 4 is 33.3 Å². The van der Waals surface area contributed by atoms with Gasteiger partial charge in [0.1, 0.15) is 10.3 Å². The van der Waals surface area contributed by atoms with E-state index >= 15 is 0 Å². The van der Waals surface area contributed by atoms with Crippen LogP contribution < -0.4 is 0 Å². The van der Waals surface area contributed by atoms with Crippen LogP contribution >= 0.6 is 22.9 Å². The molecule has 2 aromatic rings. The van der Waals surface area contributed by atoms with Gasteiger partial charge in [-0.05, 0) is 18.6 Å². The van der Waals surface area contributed by atoms with Gasteiger partial charge in [0.15, 0.2) is 0 Å². The average molecular weight is 213 g/mol. The third kappa shape index (κ3) is 1.98. The monoisotopic (exact) mass is 212 g/mol. The molecule has 0 aliphatic heterocycles. The second-order valence-corrected chi connectivity index (χ2v) is 4.17. The predicted molar refractivity (Wildman–Crippen MR) is 56.5 cm³/mol. The Morgan fingerprint density at radius 1 is 1.46 bits per heavy atom. The van der Waals surface area contributed by atoms with Crippen LogP contribution in [0.4, 0.5) is 0 Å². The Hall–Kier alpha value is -0.670. The van der Waals surface area contributed by atoms with Gasteiger partial charge in [-0.25, -0.2) is 9.97 Å². The van der Waals surface area contributed by atoms with Crippen molar-refractivity contribution in [3.05, 3.63) is 23.3 Å². The standard InChI is InChI=1S/C9H9ClN2S/c10-5-1-4-8-12-7-3-2-6-11-9(7)13-8/h2-3,6H,1,4-5H2. The molecule has 13 heavy (non-hydrogen) atoms. The number of hydrogen-bond donors (Lipinski definition) is 0. The predicted octanol–water partition coefficient (Wildman–Crippen LogP) is 2.86. The van der Waals surface area contributed by atoms with Gasteiger partial charge in [-0.1, -0.05) is 11.3 Å². The molecule has 2 heterocycles. The molecule has 0 bridgehead atoms. The van der Waals surface area contributed by atoms with E-state index in [0.29, 0.717) is 5.88 Å². The summed E-state index contributed by atoms with van der Waals surface area (Å²) in [7, 11) is 0. The van der Waals surface area contributed by atoms with Crippen molar-refractivity contribution in [1.29, 1.82) is 0 Å². The van der Waals surface area contributed by atoms with Gasteiger partial charge in [0.25, 0.3) is 0 Å². The van der Waals surface area contributed by atoms with Crippen molar-refractivity contribution in [2.24, 2.45) is 0 Å². The van der Waals surface area contributed by atoms with Crippen LogP contribution in [0.5, 0.6) is 0 Å². The molecule has 2 rings (SSSR count). The van der Waals surface area contributed by atoms with Crippen LogP contribution in [0.1, 0.15) is 11.4 Å². The van der Waals surface area contributed by atoms with E-state index in [-0.39, 0.29) is 0 Å². The fourth-order valence-corrected chi connectivity index (χ4v) is 2.22. The van der Waals surface area contributed by atoms with Crippen LogP contribution in [0.15, 0.2) is 18.3 Å². The van der Waals surface area contributed by atoms with E-state index in [1.165, 1.54) is 0 Å². The maximum absolute atomic E-state index is 5.61. The number of aryl methyl sites for hydroxylation is 1. The van der Waals surface area contributed by atoms with Crippen LogP contribution in [0, 0.1) is 0 Å². The van der Waals surface area contributed by atoms with Gasteiger partial charge in [0.2, 0.25) is 0 Å². The highest BCUT2D eigenvalue weighted by atomic mass is 35.5. The number of halogens is 1. The van der Waals surface area contributed by atoms with E-state index in [1.807, 2.05) is 12.1 Å². The third-order valence-corrected chi connectivity index (χ3v) is 3.04. The van der Waals surface area contributed by atoms with Crippen molar-refractivity contribution in [3.63, 3.8) is 0 Å².